The third kappa shape index (κ3) is 3.06. The van der Waals surface area contributed by atoms with Gasteiger partial charge in [0.15, 0.2) is 0 Å². The molecule has 4 rings (SSSR count). The molecule has 0 spiro atoms. The van der Waals surface area contributed by atoms with Gasteiger partial charge in [0.2, 0.25) is 5.91 Å². The van der Waals surface area contributed by atoms with E-state index < -0.39 is 0 Å². The summed E-state index contributed by atoms with van der Waals surface area (Å²) in [5, 5.41) is 7.68. The molecule has 3 aromatic heterocycles. The summed E-state index contributed by atoms with van der Waals surface area (Å²) in [4.78, 5) is 28.8. The molecule has 4 aromatic rings. The molecule has 1 amide bonds. The number of nitrogens with one attached hydrogen (secondary N) is 1. The van der Waals surface area contributed by atoms with E-state index in [0.717, 1.165) is 11.1 Å². The molecule has 1 aromatic carbocycles. The third-order valence-corrected chi connectivity index (χ3v) is 4.29. The van der Waals surface area contributed by atoms with Gasteiger partial charge >= 0.3 is 0 Å². The highest BCUT2D eigenvalue weighted by Gasteiger charge is 2.08. The number of aromatic nitrogens is 4. The summed E-state index contributed by atoms with van der Waals surface area (Å²) in [7, 11) is 0. The van der Waals surface area contributed by atoms with Crippen LogP contribution in [0.3, 0.4) is 0 Å². The first-order valence-corrected chi connectivity index (χ1v) is 8.34. The largest absolute Gasteiger partial charge is 0.352 e. The Morgan fingerprint density at radius 3 is 2.88 bits per heavy atom. The molecule has 7 heteroatoms. The smallest absolute Gasteiger partial charge is 0.261 e. The minimum Gasteiger partial charge on any atom is -0.352 e. The van der Waals surface area contributed by atoms with E-state index in [4.69, 9.17) is 0 Å². The number of carbonyl (C=O) groups excluding carboxylic acids is 1. The van der Waals surface area contributed by atoms with E-state index in [1.807, 2.05) is 30.5 Å². The van der Waals surface area contributed by atoms with Crippen LogP contribution in [0.4, 0.5) is 0 Å². The average molecular weight is 347 g/mol. The fraction of sp³-hybridized carbons (Fsp3) is 0.158. The lowest BCUT2D eigenvalue weighted by molar-refractivity contribution is -0.121. The summed E-state index contributed by atoms with van der Waals surface area (Å²) < 4.78 is 3.24. The number of hydrogen-bond donors (Lipinski definition) is 1. The van der Waals surface area contributed by atoms with Crippen molar-refractivity contribution in [1.29, 1.82) is 0 Å². The lowest BCUT2D eigenvalue weighted by Gasteiger charge is -2.07. The number of pyridine rings is 1. The second kappa shape index (κ2) is 6.79. The molecule has 130 valence electrons. The average Bonchev–Trinajstić information content (AvgIpc) is 3.09. The van der Waals surface area contributed by atoms with E-state index in [-0.39, 0.29) is 24.4 Å². The van der Waals surface area contributed by atoms with Gasteiger partial charge in [-0.3, -0.25) is 14.2 Å². The Morgan fingerprint density at radius 1 is 1.12 bits per heavy atom. The van der Waals surface area contributed by atoms with Gasteiger partial charge in [0.05, 0.1) is 28.9 Å². The maximum absolute atomic E-state index is 12.4. The van der Waals surface area contributed by atoms with Crippen molar-refractivity contribution < 1.29 is 4.79 Å². The number of amides is 1. The highest BCUT2D eigenvalue weighted by Crippen LogP contribution is 2.09. The first kappa shape index (κ1) is 16.0. The monoisotopic (exact) mass is 347 g/mol. The fourth-order valence-corrected chi connectivity index (χ4v) is 2.89. The molecule has 0 fully saturated rings. The number of benzene rings is 1. The van der Waals surface area contributed by atoms with Gasteiger partial charge in [0, 0.05) is 31.3 Å². The molecule has 0 atom stereocenters. The Morgan fingerprint density at radius 2 is 1.96 bits per heavy atom. The molecule has 0 aliphatic rings. The van der Waals surface area contributed by atoms with Gasteiger partial charge in [-0.15, -0.1) is 0 Å². The maximum atomic E-state index is 12.4. The van der Waals surface area contributed by atoms with Crippen LogP contribution in [0.1, 0.15) is 12.0 Å². The van der Waals surface area contributed by atoms with E-state index in [0.29, 0.717) is 17.4 Å². The lowest BCUT2D eigenvalue weighted by Crippen LogP contribution is -2.27. The molecule has 0 radical (unpaired) electrons. The normalized spacial score (nSPS) is 11.1. The molecule has 0 aliphatic carbocycles. The van der Waals surface area contributed by atoms with E-state index in [1.54, 1.807) is 28.9 Å². The Balaban J connectivity index is 1.40. The van der Waals surface area contributed by atoms with Crippen molar-refractivity contribution in [2.75, 3.05) is 0 Å². The quantitative estimate of drug-likeness (QED) is 0.596. The molecule has 0 unspecified atom stereocenters. The summed E-state index contributed by atoms with van der Waals surface area (Å²) >= 11 is 0. The maximum Gasteiger partial charge on any atom is 0.261 e. The number of fused-ring (bicyclic) bond motifs is 2. The Bertz CT molecular complexity index is 1150. The van der Waals surface area contributed by atoms with Gasteiger partial charge < -0.3 is 5.32 Å². The van der Waals surface area contributed by atoms with Crippen LogP contribution in [-0.4, -0.2) is 25.1 Å². The summed E-state index contributed by atoms with van der Waals surface area (Å²) in [6.45, 7) is 0.689. The molecule has 3 heterocycles. The minimum absolute atomic E-state index is 0.125. The van der Waals surface area contributed by atoms with Gasteiger partial charge in [-0.2, -0.15) is 5.10 Å². The zero-order chi connectivity index (χ0) is 17.9. The Hall–Kier alpha value is -3.48. The zero-order valence-corrected chi connectivity index (χ0v) is 14.0. The second-order valence-electron chi connectivity index (χ2n) is 5.99. The Kier molecular flexibility index (Phi) is 4.18. The Labute approximate surface area is 148 Å². The van der Waals surface area contributed by atoms with Crippen LogP contribution in [0.25, 0.3) is 16.4 Å². The number of hydrogen-bond acceptors (Lipinski definition) is 4. The highest BCUT2D eigenvalue weighted by molar-refractivity contribution is 5.77. The summed E-state index contributed by atoms with van der Waals surface area (Å²) in [5.74, 6) is -0.125. The van der Waals surface area contributed by atoms with Crippen LogP contribution >= 0.6 is 0 Å². The van der Waals surface area contributed by atoms with E-state index in [2.05, 4.69) is 15.4 Å². The van der Waals surface area contributed by atoms with E-state index >= 15 is 0 Å². The second-order valence-corrected chi connectivity index (χ2v) is 5.99. The van der Waals surface area contributed by atoms with Crippen molar-refractivity contribution in [3.05, 3.63) is 77.1 Å². The predicted octanol–water partition coefficient (Wildman–Crippen LogP) is 1.75. The third-order valence-electron chi connectivity index (χ3n) is 4.29. The number of nitrogens with zero attached hydrogens (tertiary/aromatic N) is 4. The summed E-state index contributed by atoms with van der Waals surface area (Å²) in [5.41, 5.74) is 2.43. The van der Waals surface area contributed by atoms with Crippen LogP contribution in [0.5, 0.6) is 0 Å². The topological polar surface area (TPSA) is 81.3 Å². The van der Waals surface area contributed by atoms with Gasteiger partial charge in [-0.05, 0) is 24.3 Å². The fourth-order valence-electron chi connectivity index (χ4n) is 2.89. The molecular formula is C19H17N5O2. The molecule has 0 saturated carbocycles. The van der Waals surface area contributed by atoms with Crippen molar-refractivity contribution in [3.8, 4) is 0 Å². The van der Waals surface area contributed by atoms with Crippen LogP contribution in [0, 0.1) is 0 Å². The van der Waals surface area contributed by atoms with Crippen molar-refractivity contribution in [3.63, 3.8) is 0 Å². The van der Waals surface area contributed by atoms with Crippen LogP contribution in [0.2, 0.25) is 0 Å². The zero-order valence-electron chi connectivity index (χ0n) is 14.0. The van der Waals surface area contributed by atoms with Crippen LogP contribution in [-0.2, 0) is 17.9 Å². The van der Waals surface area contributed by atoms with Crippen molar-refractivity contribution in [2.45, 2.75) is 19.5 Å². The lowest BCUT2D eigenvalue weighted by atomic mass is 10.2. The number of para-hydroxylation sites is 1. The van der Waals surface area contributed by atoms with Gasteiger partial charge in [-0.1, -0.05) is 18.2 Å². The number of carbonyl (C=O) groups is 1. The molecule has 26 heavy (non-hydrogen) atoms. The minimum atomic E-state index is -0.133. The van der Waals surface area contributed by atoms with Crippen molar-refractivity contribution in [2.24, 2.45) is 0 Å². The molecule has 0 saturated heterocycles. The first-order valence-electron chi connectivity index (χ1n) is 8.34. The molecular weight excluding hydrogens is 330 g/mol. The number of rotatable bonds is 5. The standard InChI is InChI=1S/C19H17N5O2/c25-18(20-11-14-12-22-24-9-4-3-7-17(14)24)8-10-23-13-21-16-6-2-1-5-15(16)19(23)26/h1-7,9,12-13H,8,10-11H2,(H,20,25). The summed E-state index contributed by atoms with van der Waals surface area (Å²) in [6, 6.07) is 13.0. The predicted molar refractivity (Wildman–Crippen MR) is 97.7 cm³/mol. The number of aryl methyl sites for hydroxylation is 1. The van der Waals surface area contributed by atoms with Crippen LogP contribution in [0.15, 0.2) is 66.0 Å². The first-order chi connectivity index (χ1) is 12.7. The van der Waals surface area contributed by atoms with E-state index in [9.17, 15) is 9.59 Å². The molecule has 0 bridgehead atoms. The van der Waals surface area contributed by atoms with Gasteiger partial charge in [0.1, 0.15) is 0 Å². The van der Waals surface area contributed by atoms with Gasteiger partial charge in [-0.25, -0.2) is 9.50 Å². The van der Waals surface area contributed by atoms with Crippen LogP contribution < -0.4 is 10.9 Å². The van der Waals surface area contributed by atoms with Gasteiger partial charge in [0.25, 0.3) is 5.56 Å². The highest BCUT2D eigenvalue weighted by atomic mass is 16.1. The molecule has 0 aliphatic heterocycles. The van der Waals surface area contributed by atoms with E-state index in [1.165, 1.54) is 10.9 Å². The molecule has 1 N–H and O–H groups in total. The summed E-state index contributed by atoms with van der Waals surface area (Å²) in [6.07, 6.45) is 5.30. The van der Waals surface area contributed by atoms with Crippen molar-refractivity contribution >= 4 is 22.3 Å². The van der Waals surface area contributed by atoms with Crippen molar-refractivity contribution in [1.82, 2.24) is 24.5 Å². The molecule has 7 nitrogen and oxygen atoms in total. The SMILES string of the molecule is O=C(CCn1cnc2ccccc2c1=O)NCc1cnn2ccccc12.